The van der Waals surface area contributed by atoms with E-state index in [1.165, 1.54) is 0 Å². The lowest BCUT2D eigenvalue weighted by atomic mass is 10.5. The maximum Gasteiger partial charge on any atom is 0.212 e. The van der Waals surface area contributed by atoms with Gasteiger partial charge in [0.2, 0.25) is 5.82 Å². The number of hydrogen-bond acceptors (Lipinski definition) is 3. The second-order valence-electron chi connectivity index (χ2n) is 2.41. The first-order valence-corrected chi connectivity index (χ1v) is 4.00. The third-order valence-electron chi connectivity index (χ3n) is 1.59. The van der Waals surface area contributed by atoms with E-state index in [-0.39, 0.29) is 0 Å². The number of nitrogens with one attached hydrogen (secondary N) is 1. The highest BCUT2D eigenvalue weighted by Gasteiger charge is 1.98. The predicted molar refractivity (Wildman–Crippen MR) is 45.5 cm³/mol. The normalized spacial score (nSPS) is 9.67. The molecule has 0 saturated heterocycles. The van der Waals surface area contributed by atoms with Gasteiger partial charge in [0.05, 0.1) is 0 Å². The summed E-state index contributed by atoms with van der Waals surface area (Å²) in [5.41, 5.74) is 0. The molecule has 0 aliphatic carbocycles. The Morgan fingerprint density at radius 1 is 1.75 bits per heavy atom. The van der Waals surface area contributed by atoms with Gasteiger partial charge in [0.1, 0.15) is 6.07 Å². The van der Waals surface area contributed by atoms with Crippen LogP contribution in [0, 0.1) is 11.3 Å². The fourth-order valence-electron chi connectivity index (χ4n) is 0.979. The van der Waals surface area contributed by atoms with Crippen molar-refractivity contribution in [3.8, 4) is 6.07 Å². The predicted octanol–water partition coefficient (Wildman–Crippen LogP) is 0.364. The molecule has 0 aliphatic rings. The molecule has 0 fully saturated rings. The van der Waals surface area contributed by atoms with Crippen molar-refractivity contribution in [3.05, 3.63) is 18.2 Å². The van der Waals surface area contributed by atoms with Crippen molar-refractivity contribution < 1.29 is 0 Å². The van der Waals surface area contributed by atoms with Crippen molar-refractivity contribution >= 4 is 0 Å². The zero-order chi connectivity index (χ0) is 8.81. The van der Waals surface area contributed by atoms with E-state index >= 15 is 0 Å². The summed E-state index contributed by atoms with van der Waals surface area (Å²) in [5, 5.41) is 11.8. The molecular formula is C8H12N4. The molecule has 0 aromatic carbocycles. The number of rotatable bonds is 4. The van der Waals surface area contributed by atoms with Crippen molar-refractivity contribution in [1.82, 2.24) is 14.9 Å². The molecule has 0 amide bonds. The van der Waals surface area contributed by atoms with E-state index in [1.807, 2.05) is 16.8 Å². The molecule has 4 heteroatoms. The van der Waals surface area contributed by atoms with Gasteiger partial charge in [-0.05, 0) is 6.54 Å². The number of likely N-dealkylation sites (N-methyl/N-ethyl adjacent to an activating group) is 1. The molecular weight excluding hydrogens is 152 g/mol. The van der Waals surface area contributed by atoms with Gasteiger partial charge in [-0.15, -0.1) is 0 Å². The number of nitriles is 1. The average molecular weight is 164 g/mol. The van der Waals surface area contributed by atoms with Crippen LogP contribution in [0.25, 0.3) is 0 Å². The lowest BCUT2D eigenvalue weighted by Crippen LogP contribution is -2.19. The van der Waals surface area contributed by atoms with Crippen LogP contribution >= 0.6 is 0 Å². The van der Waals surface area contributed by atoms with Crippen LogP contribution in [0.3, 0.4) is 0 Å². The molecule has 1 aromatic heterocycles. The van der Waals surface area contributed by atoms with Gasteiger partial charge in [-0.3, -0.25) is 0 Å². The first-order chi connectivity index (χ1) is 5.88. The fourth-order valence-corrected chi connectivity index (χ4v) is 0.979. The van der Waals surface area contributed by atoms with Gasteiger partial charge in [-0.25, -0.2) is 4.98 Å². The highest BCUT2D eigenvalue weighted by molar-refractivity contribution is 5.10. The largest absolute Gasteiger partial charge is 0.321 e. The second-order valence-corrected chi connectivity index (χ2v) is 2.41. The van der Waals surface area contributed by atoms with Crippen LogP contribution in [0.2, 0.25) is 0 Å². The molecule has 1 heterocycles. The monoisotopic (exact) mass is 164 g/mol. The summed E-state index contributed by atoms with van der Waals surface area (Å²) in [6.45, 7) is 4.69. The highest BCUT2D eigenvalue weighted by Crippen LogP contribution is 1.93. The average Bonchev–Trinajstić information content (AvgIpc) is 2.52. The van der Waals surface area contributed by atoms with E-state index in [4.69, 9.17) is 5.26 Å². The number of nitrogens with zero attached hydrogens (tertiary/aromatic N) is 3. The summed E-state index contributed by atoms with van der Waals surface area (Å²) < 4.78 is 1.84. The molecule has 4 nitrogen and oxygen atoms in total. The Morgan fingerprint density at radius 2 is 2.58 bits per heavy atom. The minimum Gasteiger partial charge on any atom is -0.321 e. The topological polar surface area (TPSA) is 53.6 Å². The smallest absolute Gasteiger partial charge is 0.212 e. The first kappa shape index (κ1) is 8.75. The molecule has 0 atom stereocenters. The van der Waals surface area contributed by atoms with Crippen molar-refractivity contribution in [1.29, 1.82) is 5.26 Å². The van der Waals surface area contributed by atoms with Crippen LogP contribution in [0.4, 0.5) is 0 Å². The Morgan fingerprint density at radius 3 is 3.25 bits per heavy atom. The summed E-state index contributed by atoms with van der Waals surface area (Å²) in [7, 11) is 0. The minimum absolute atomic E-state index is 0.480. The van der Waals surface area contributed by atoms with E-state index in [0.717, 1.165) is 19.6 Å². The standard InChI is InChI=1S/C8H12N4/c1-2-10-3-5-12-6-4-11-8(12)7-9/h4,6,10H,2-3,5H2,1H3. The number of imidazole rings is 1. The SMILES string of the molecule is CCNCCn1ccnc1C#N. The number of hydrogen-bond donors (Lipinski definition) is 1. The first-order valence-electron chi connectivity index (χ1n) is 4.00. The Kier molecular flexibility index (Phi) is 3.30. The zero-order valence-electron chi connectivity index (χ0n) is 7.12. The molecule has 0 radical (unpaired) electrons. The van der Waals surface area contributed by atoms with Gasteiger partial charge < -0.3 is 9.88 Å². The maximum absolute atomic E-state index is 8.61. The molecule has 64 valence electrons. The molecule has 0 unspecified atom stereocenters. The molecule has 1 aromatic rings. The molecule has 0 saturated carbocycles. The molecule has 1 rings (SSSR count). The summed E-state index contributed by atoms with van der Waals surface area (Å²) >= 11 is 0. The Labute approximate surface area is 71.8 Å². The maximum atomic E-state index is 8.61. The van der Waals surface area contributed by atoms with Gasteiger partial charge in [0.25, 0.3) is 0 Å². The molecule has 0 bridgehead atoms. The minimum atomic E-state index is 0.480. The van der Waals surface area contributed by atoms with Crippen LogP contribution in [0.15, 0.2) is 12.4 Å². The van der Waals surface area contributed by atoms with Gasteiger partial charge in [0, 0.05) is 25.5 Å². The van der Waals surface area contributed by atoms with Gasteiger partial charge >= 0.3 is 0 Å². The summed E-state index contributed by atoms with van der Waals surface area (Å²) in [4.78, 5) is 3.89. The molecule has 0 aliphatic heterocycles. The molecule has 1 N–H and O–H groups in total. The van der Waals surface area contributed by atoms with Crippen molar-refractivity contribution in [2.24, 2.45) is 0 Å². The van der Waals surface area contributed by atoms with Crippen LogP contribution in [-0.2, 0) is 6.54 Å². The van der Waals surface area contributed by atoms with Crippen molar-refractivity contribution in [3.63, 3.8) is 0 Å². The highest BCUT2D eigenvalue weighted by atomic mass is 15.1. The Bertz CT molecular complexity index is 271. The van der Waals surface area contributed by atoms with Crippen molar-refractivity contribution in [2.45, 2.75) is 13.5 Å². The van der Waals surface area contributed by atoms with E-state index in [9.17, 15) is 0 Å². The summed E-state index contributed by atoms with van der Waals surface area (Å²) in [6, 6.07) is 2.03. The van der Waals surface area contributed by atoms with Crippen molar-refractivity contribution in [2.75, 3.05) is 13.1 Å². The van der Waals surface area contributed by atoms with Gasteiger partial charge in [-0.2, -0.15) is 5.26 Å². The third kappa shape index (κ3) is 2.07. The van der Waals surface area contributed by atoms with E-state index in [2.05, 4.69) is 17.2 Å². The van der Waals surface area contributed by atoms with Crippen LogP contribution in [0.5, 0.6) is 0 Å². The lowest BCUT2D eigenvalue weighted by molar-refractivity contribution is 0.608. The number of aromatic nitrogens is 2. The third-order valence-corrected chi connectivity index (χ3v) is 1.59. The van der Waals surface area contributed by atoms with Crippen LogP contribution in [-0.4, -0.2) is 22.6 Å². The molecule has 0 spiro atoms. The van der Waals surface area contributed by atoms with Gasteiger partial charge in [0.15, 0.2) is 0 Å². The van der Waals surface area contributed by atoms with Gasteiger partial charge in [-0.1, -0.05) is 6.92 Å². The van der Waals surface area contributed by atoms with E-state index in [0.29, 0.717) is 5.82 Å². The van der Waals surface area contributed by atoms with Crippen LogP contribution in [0.1, 0.15) is 12.7 Å². The summed E-state index contributed by atoms with van der Waals surface area (Å²) in [5.74, 6) is 0.480. The Hall–Kier alpha value is -1.34. The van der Waals surface area contributed by atoms with E-state index in [1.54, 1.807) is 6.20 Å². The van der Waals surface area contributed by atoms with E-state index < -0.39 is 0 Å². The summed E-state index contributed by atoms with van der Waals surface area (Å²) in [6.07, 6.45) is 3.46. The molecule has 12 heavy (non-hydrogen) atoms. The van der Waals surface area contributed by atoms with Crippen LogP contribution < -0.4 is 5.32 Å². The fraction of sp³-hybridized carbons (Fsp3) is 0.500. The quantitative estimate of drug-likeness (QED) is 0.654. The zero-order valence-corrected chi connectivity index (χ0v) is 7.12. The lowest BCUT2D eigenvalue weighted by Gasteiger charge is -2.02. The second kappa shape index (κ2) is 4.52. The Balaban J connectivity index is 2.46.